The number of hydrogen-bond donors (Lipinski definition) is 1. The van der Waals surface area contributed by atoms with Crippen LogP contribution in [0.15, 0.2) is 36.4 Å². The topological polar surface area (TPSA) is 87.2 Å². The standard InChI is InChI=1S/C23H23F3N2O5/c1-13-9-15(10-14(2)19(13)33-22(3,4)20(30)31)11-28-18(29)12-27(21(28)32)17-7-5-16(6-8-17)23(24,25)26/h5-10H,11-12H2,1-4H3,(H,30,31). The fourth-order valence-corrected chi connectivity index (χ4v) is 3.50. The predicted octanol–water partition coefficient (Wildman–Crippen LogP) is 4.53. The zero-order chi connectivity index (χ0) is 24.7. The summed E-state index contributed by atoms with van der Waals surface area (Å²) < 4.78 is 44.0. The number of nitrogens with zero attached hydrogens (tertiary/aromatic N) is 2. The molecule has 2 aromatic rings. The lowest BCUT2D eigenvalue weighted by Gasteiger charge is -2.25. The van der Waals surface area contributed by atoms with Gasteiger partial charge in [0.05, 0.1) is 12.1 Å². The number of anilines is 1. The van der Waals surface area contributed by atoms with Gasteiger partial charge in [0.1, 0.15) is 12.3 Å². The van der Waals surface area contributed by atoms with E-state index in [4.69, 9.17) is 4.74 Å². The summed E-state index contributed by atoms with van der Waals surface area (Å²) in [6.45, 7) is 5.99. The first-order chi connectivity index (χ1) is 15.2. The lowest BCUT2D eigenvalue weighted by atomic mass is 10.0. The molecule has 1 aliphatic rings. The molecule has 10 heteroatoms. The normalized spacial score (nSPS) is 14.8. The first kappa shape index (κ1) is 24.1. The van der Waals surface area contributed by atoms with Crippen molar-refractivity contribution < 1.29 is 37.4 Å². The average molecular weight is 464 g/mol. The van der Waals surface area contributed by atoms with Crippen LogP contribution in [0.2, 0.25) is 0 Å². The number of ether oxygens (including phenoxy) is 1. The third-order valence-corrected chi connectivity index (χ3v) is 5.30. The van der Waals surface area contributed by atoms with Crippen molar-refractivity contribution in [3.63, 3.8) is 0 Å². The van der Waals surface area contributed by atoms with E-state index >= 15 is 0 Å². The molecule has 176 valence electrons. The lowest BCUT2D eigenvalue weighted by molar-refractivity contribution is -0.152. The Morgan fingerprint density at radius 3 is 2.09 bits per heavy atom. The molecular weight excluding hydrogens is 441 g/mol. The number of halogens is 3. The van der Waals surface area contributed by atoms with Gasteiger partial charge in [-0.15, -0.1) is 0 Å². The highest BCUT2D eigenvalue weighted by Gasteiger charge is 2.38. The molecule has 0 aromatic heterocycles. The number of rotatable bonds is 6. The van der Waals surface area contributed by atoms with Gasteiger partial charge in [-0.2, -0.15) is 13.2 Å². The van der Waals surface area contributed by atoms with Gasteiger partial charge in [0.25, 0.3) is 5.91 Å². The van der Waals surface area contributed by atoms with E-state index in [9.17, 15) is 32.7 Å². The molecule has 7 nitrogen and oxygen atoms in total. The van der Waals surface area contributed by atoms with Crippen molar-refractivity contribution in [2.75, 3.05) is 11.4 Å². The number of carboxylic acids is 1. The smallest absolute Gasteiger partial charge is 0.416 e. The summed E-state index contributed by atoms with van der Waals surface area (Å²) in [5, 5.41) is 9.29. The van der Waals surface area contributed by atoms with Gasteiger partial charge in [-0.05, 0) is 68.7 Å². The first-order valence-corrected chi connectivity index (χ1v) is 10.0. The molecule has 0 saturated carbocycles. The minimum atomic E-state index is -4.50. The average Bonchev–Trinajstić information content (AvgIpc) is 2.98. The van der Waals surface area contributed by atoms with E-state index in [-0.39, 0.29) is 18.8 Å². The number of carbonyl (C=O) groups excluding carboxylic acids is 2. The minimum absolute atomic E-state index is 0.0426. The number of aryl methyl sites for hydroxylation is 2. The Morgan fingerprint density at radius 1 is 1.06 bits per heavy atom. The largest absolute Gasteiger partial charge is 0.478 e. The maximum absolute atomic E-state index is 12.8. The summed E-state index contributed by atoms with van der Waals surface area (Å²) in [6.07, 6.45) is -4.50. The maximum Gasteiger partial charge on any atom is 0.416 e. The zero-order valence-corrected chi connectivity index (χ0v) is 18.5. The van der Waals surface area contributed by atoms with Crippen molar-refractivity contribution in [2.45, 2.75) is 46.0 Å². The van der Waals surface area contributed by atoms with Crippen LogP contribution in [0.4, 0.5) is 23.7 Å². The zero-order valence-electron chi connectivity index (χ0n) is 18.5. The van der Waals surface area contributed by atoms with Gasteiger partial charge in [-0.1, -0.05) is 12.1 Å². The van der Waals surface area contributed by atoms with Gasteiger partial charge < -0.3 is 9.84 Å². The third-order valence-electron chi connectivity index (χ3n) is 5.30. The number of amides is 3. The van der Waals surface area contributed by atoms with Gasteiger partial charge in [0.2, 0.25) is 0 Å². The number of hydrogen-bond acceptors (Lipinski definition) is 4. The molecule has 0 radical (unpaired) electrons. The Labute approximate surface area is 188 Å². The molecule has 33 heavy (non-hydrogen) atoms. The van der Waals surface area contributed by atoms with Crippen LogP contribution in [-0.2, 0) is 22.3 Å². The Morgan fingerprint density at radius 2 is 1.61 bits per heavy atom. The van der Waals surface area contributed by atoms with Crippen molar-refractivity contribution in [3.05, 3.63) is 58.7 Å². The predicted molar refractivity (Wildman–Crippen MR) is 113 cm³/mol. The number of alkyl halides is 3. The fourth-order valence-electron chi connectivity index (χ4n) is 3.50. The van der Waals surface area contributed by atoms with Gasteiger partial charge in [0.15, 0.2) is 5.60 Å². The highest BCUT2D eigenvalue weighted by molar-refractivity contribution is 6.12. The molecule has 1 N–H and O–H groups in total. The second-order valence-corrected chi connectivity index (χ2v) is 8.37. The number of imide groups is 1. The molecular formula is C23H23F3N2O5. The van der Waals surface area contributed by atoms with Crippen molar-refractivity contribution in [3.8, 4) is 5.75 Å². The molecule has 0 spiro atoms. The molecule has 0 bridgehead atoms. The molecule has 1 fully saturated rings. The molecule has 0 atom stereocenters. The van der Waals surface area contributed by atoms with E-state index < -0.39 is 35.2 Å². The fraction of sp³-hybridized carbons (Fsp3) is 0.348. The van der Waals surface area contributed by atoms with Crippen LogP contribution in [0.5, 0.6) is 5.75 Å². The van der Waals surface area contributed by atoms with E-state index in [0.717, 1.165) is 34.1 Å². The van der Waals surface area contributed by atoms with Crippen LogP contribution in [0, 0.1) is 13.8 Å². The maximum atomic E-state index is 12.8. The Balaban J connectivity index is 1.79. The molecule has 1 saturated heterocycles. The van der Waals surface area contributed by atoms with Crippen LogP contribution in [0.25, 0.3) is 0 Å². The third kappa shape index (κ3) is 4.94. The minimum Gasteiger partial charge on any atom is -0.478 e. The summed E-state index contributed by atoms with van der Waals surface area (Å²) in [6, 6.07) is 6.79. The highest BCUT2D eigenvalue weighted by atomic mass is 19.4. The first-order valence-electron chi connectivity index (χ1n) is 10.0. The number of benzene rings is 2. The monoisotopic (exact) mass is 464 g/mol. The Bertz CT molecular complexity index is 1090. The molecule has 0 aliphatic carbocycles. The van der Waals surface area contributed by atoms with Gasteiger partial charge >= 0.3 is 18.2 Å². The summed E-state index contributed by atoms with van der Waals surface area (Å²) >= 11 is 0. The Hall–Kier alpha value is -3.56. The summed E-state index contributed by atoms with van der Waals surface area (Å²) in [5.41, 5.74) is -0.200. The van der Waals surface area contributed by atoms with Crippen LogP contribution in [0.3, 0.4) is 0 Å². The van der Waals surface area contributed by atoms with Crippen molar-refractivity contribution in [2.24, 2.45) is 0 Å². The SMILES string of the molecule is Cc1cc(CN2C(=O)CN(c3ccc(C(F)(F)F)cc3)C2=O)cc(C)c1OC(C)(C)C(=O)O. The number of aliphatic carboxylic acids is 1. The Kier molecular flexibility index (Phi) is 6.14. The summed E-state index contributed by atoms with van der Waals surface area (Å²) in [5.74, 6) is -1.21. The number of carbonyl (C=O) groups is 3. The second kappa shape index (κ2) is 8.42. The lowest BCUT2D eigenvalue weighted by Crippen LogP contribution is -2.38. The van der Waals surface area contributed by atoms with Gasteiger partial charge in [-0.25, -0.2) is 9.59 Å². The number of urea groups is 1. The molecule has 2 aromatic carbocycles. The van der Waals surface area contributed by atoms with Crippen LogP contribution >= 0.6 is 0 Å². The summed E-state index contributed by atoms with van der Waals surface area (Å²) in [4.78, 5) is 38.8. The van der Waals surface area contributed by atoms with E-state index in [1.807, 2.05) is 0 Å². The van der Waals surface area contributed by atoms with E-state index in [2.05, 4.69) is 0 Å². The van der Waals surface area contributed by atoms with Gasteiger partial charge in [-0.3, -0.25) is 14.6 Å². The van der Waals surface area contributed by atoms with E-state index in [0.29, 0.717) is 22.4 Å². The van der Waals surface area contributed by atoms with Crippen LogP contribution in [0.1, 0.15) is 36.1 Å². The molecule has 1 heterocycles. The van der Waals surface area contributed by atoms with Crippen LogP contribution in [-0.4, -0.2) is 40.1 Å². The van der Waals surface area contributed by atoms with Crippen LogP contribution < -0.4 is 9.64 Å². The molecule has 3 amide bonds. The second-order valence-electron chi connectivity index (χ2n) is 8.37. The quantitative estimate of drug-likeness (QED) is 0.635. The highest BCUT2D eigenvalue weighted by Crippen LogP contribution is 2.32. The summed E-state index contributed by atoms with van der Waals surface area (Å²) in [7, 11) is 0. The van der Waals surface area contributed by atoms with Crippen molar-refractivity contribution in [1.29, 1.82) is 0 Å². The van der Waals surface area contributed by atoms with Gasteiger partial charge in [0, 0.05) is 5.69 Å². The van der Waals surface area contributed by atoms with Crippen molar-refractivity contribution >= 4 is 23.6 Å². The molecule has 1 aliphatic heterocycles. The molecule has 0 unspecified atom stereocenters. The van der Waals surface area contributed by atoms with Crippen molar-refractivity contribution in [1.82, 2.24) is 4.90 Å². The van der Waals surface area contributed by atoms with E-state index in [1.165, 1.54) is 13.8 Å². The number of carboxylic acid groups (broad SMARTS) is 1. The van der Waals surface area contributed by atoms with E-state index in [1.54, 1.807) is 26.0 Å². The molecule has 3 rings (SSSR count).